The molecule has 0 radical (unpaired) electrons. The third-order valence-electron chi connectivity index (χ3n) is 3.14. The van der Waals surface area contributed by atoms with E-state index in [2.05, 4.69) is 5.32 Å². The molecule has 108 valence electrons. The first-order valence-corrected chi connectivity index (χ1v) is 6.24. The van der Waals surface area contributed by atoms with Crippen molar-refractivity contribution in [3.63, 3.8) is 0 Å². The number of nitrogens with zero attached hydrogens (tertiary/aromatic N) is 1. The number of urea groups is 1. The van der Waals surface area contributed by atoms with E-state index in [4.69, 9.17) is 5.11 Å². The third-order valence-corrected chi connectivity index (χ3v) is 3.14. The van der Waals surface area contributed by atoms with Gasteiger partial charge in [-0.3, -0.25) is 0 Å². The van der Waals surface area contributed by atoms with Crippen molar-refractivity contribution in [2.75, 3.05) is 18.4 Å². The van der Waals surface area contributed by atoms with Gasteiger partial charge in [-0.25, -0.2) is 14.0 Å². The fraction of sp³-hybridized carbons (Fsp3) is 0.385. The zero-order valence-electron chi connectivity index (χ0n) is 10.7. The van der Waals surface area contributed by atoms with Crippen LogP contribution in [0.25, 0.3) is 0 Å². The Hall–Kier alpha value is -2.15. The van der Waals surface area contributed by atoms with E-state index in [9.17, 15) is 19.1 Å². The molecule has 1 atom stereocenters. The van der Waals surface area contributed by atoms with Crippen LogP contribution < -0.4 is 5.32 Å². The molecule has 20 heavy (non-hydrogen) atoms. The first-order chi connectivity index (χ1) is 9.47. The Bertz CT molecular complexity index is 535. The number of piperidine rings is 1. The molecule has 1 aliphatic rings. The summed E-state index contributed by atoms with van der Waals surface area (Å²) in [4.78, 5) is 24.0. The summed E-state index contributed by atoms with van der Waals surface area (Å²) in [5.74, 6) is -2.04. The van der Waals surface area contributed by atoms with Gasteiger partial charge in [0.25, 0.3) is 0 Å². The summed E-state index contributed by atoms with van der Waals surface area (Å²) in [6.07, 6.45) is 0.772. The number of anilines is 1. The Morgan fingerprint density at radius 3 is 2.75 bits per heavy atom. The van der Waals surface area contributed by atoms with Crippen molar-refractivity contribution < 1.29 is 24.2 Å². The fourth-order valence-corrected chi connectivity index (χ4v) is 2.08. The van der Waals surface area contributed by atoms with Gasteiger partial charge in [-0.15, -0.1) is 0 Å². The van der Waals surface area contributed by atoms with Crippen molar-refractivity contribution in [3.05, 3.63) is 29.6 Å². The zero-order valence-corrected chi connectivity index (χ0v) is 10.7. The Morgan fingerprint density at radius 1 is 1.40 bits per heavy atom. The number of halogens is 1. The van der Waals surface area contributed by atoms with Crippen molar-refractivity contribution in [1.82, 2.24) is 4.90 Å². The summed E-state index contributed by atoms with van der Waals surface area (Å²) in [7, 11) is 0. The number of benzene rings is 1. The Balaban J connectivity index is 2.06. The number of aliphatic hydroxyl groups excluding tert-OH is 1. The van der Waals surface area contributed by atoms with E-state index in [1.165, 1.54) is 17.0 Å². The van der Waals surface area contributed by atoms with E-state index in [1.54, 1.807) is 0 Å². The number of hydrogen-bond donors (Lipinski definition) is 3. The number of amides is 2. The van der Waals surface area contributed by atoms with Crippen LogP contribution in [0, 0.1) is 5.82 Å². The van der Waals surface area contributed by atoms with Crippen LogP contribution in [0.1, 0.15) is 23.2 Å². The number of β-amino-alcohol motifs (C(OH)–C–C–N with tert-alkyl or cyclic N) is 1. The van der Waals surface area contributed by atoms with Crippen LogP contribution in [0.5, 0.6) is 0 Å². The molecule has 0 aromatic heterocycles. The van der Waals surface area contributed by atoms with Crippen molar-refractivity contribution >= 4 is 17.7 Å². The van der Waals surface area contributed by atoms with Crippen LogP contribution in [0.15, 0.2) is 18.2 Å². The number of aliphatic hydroxyl groups is 1. The minimum Gasteiger partial charge on any atom is -0.478 e. The third kappa shape index (κ3) is 3.24. The van der Waals surface area contributed by atoms with Gasteiger partial charge in [0.2, 0.25) is 0 Å². The quantitative estimate of drug-likeness (QED) is 0.767. The number of carboxylic acid groups (broad SMARTS) is 1. The Labute approximate surface area is 114 Å². The molecule has 0 spiro atoms. The second-order valence-corrected chi connectivity index (χ2v) is 4.67. The molecule has 0 aliphatic carbocycles. The molecule has 2 amide bonds. The number of nitrogens with one attached hydrogen (secondary N) is 1. The number of carboxylic acids is 1. The average molecular weight is 282 g/mol. The van der Waals surface area contributed by atoms with Crippen molar-refractivity contribution in [1.29, 1.82) is 0 Å². The summed E-state index contributed by atoms with van der Waals surface area (Å²) in [6, 6.07) is 2.76. The van der Waals surface area contributed by atoms with Crippen LogP contribution in [0.2, 0.25) is 0 Å². The molecule has 1 unspecified atom stereocenters. The number of hydrogen-bond acceptors (Lipinski definition) is 3. The highest BCUT2D eigenvalue weighted by atomic mass is 19.1. The highest BCUT2D eigenvalue weighted by Crippen LogP contribution is 2.18. The first-order valence-electron chi connectivity index (χ1n) is 6.24. The summed E-state index contributed by atoms with van der Waals surface area (Å²) in [6.45, 7) is 0.707. The predicted octanol–water partition coefficient (Wildman–Crippen LogP) is 1.51. The minimum absolute atomic E-state index is 0.0833. The molecule has 6 nitrogen and oxygen atoms in total. The molecular weight excluding hydrogens is 267 g/mol. The lowest BCUT2D eigenvalue weighted by Crippen LogP contribution is -2.44. The molecule has 1 fully saturated rings. The summed E-state index contributed by atoms with van der Waals surface area (Å²) < 4.78 is 13.7. The van der Waals surface area contributed by atoms with E-state index in [0.717, 1.165) is 6.07 Å². The average Bonchev–Trinajstić information content (AvgIpc) is 2.40. The number of carbonyl (C=O) groups excluding carboxylic acids is 1. The Morgan fingerprint density at radius 2 is 2.15 bits per heavy atom. The normalized spacial score (nSPS) is 18.7. The monoisotopic (exact) mass is 282 g/mol. The summed E-state index contributed by atoms with van der Waals surface area (Å²) >= 11 is 0. The molecule has 1 aromatic rings. The van der Waals surface area contributed by atoms with Crippen LogP contribution in [-0.2, 0) is 0 Å². The topological polar surface area (TPSA) is 89.9 Å². The maximum absolute atomic E-state index is 13.7. The van der Waals surface area contributed by atoms with Gasteiger partial charge in [0, 0.05) is 13.1 Å². The van der Waals surface area contributed by atoms with Gasteiger partial charge in [0.1, 0.15) is 5.82 Å². The standard InChI is InChI=1S/C13H15FN2O4/c14-10-6-8(12(18)19)3-4-11(10)15-13(20)16-5-1-2-9(17)7-16/h3-4,6,9,17H,1-2,5,7H2,(H,15,20)(H,18,19). The molecule has 3 N–H and O–H groups in total. The summed E-state index contributed by atoms with van der Waals surface area (Å²) in [5.41, 5.74) is -0.269. The van der Waals surface area contributed by atoms with Gasteiger partial charge in [0.05, 0.1) is 17.4 Å². The van der Waals surface area contributed by atoms with Crippen LogP contribution >= 0.6 is 0 Å². The Kier molecular flexibility index (Phi) is 4.19. The van der Waals surface area contributed by atoms with Gasteiger partial charge in [-0.2, -0.15) is 0 Å². The second-order valence-electron chi connectivity index (χ2n) is 4.67. The molecule has 0 bridgehead atoms. The molecule has 1 heterocycles. The number of rotatable bonds is 2. The SMILES string of the molecule is O=C(O)c1ccc(NC(=O)N2CCCC(O)C2)c(F)c1. The first kappa shape index (κ1) is 14.3. The molecule has 2 rings (SSSR count). The largest absolute Gasteiger partial charge is 0.478 e. The van der Waals surface area contributed by atoms with E-state index < -0.39 is 23.9 Å². The van der Waals surface area contributed by atoms with Gasteiger partial charge in [-0.1, -0.05) is 0 Å². The predicted molar refractivity (Wildman–Crippen MR) is 69.2 cm³/mol. The highest BCUT2D eigenvalue weighted by Gasteiger charge is 2.22. The molecule has 0 saturated carbocycles. The second kappa shape index (κ2) is 5.87. The smallest absolute Gasteiger partial charge is 0.335 e. The minimum atomic E-state index is -1.24. The fourth-order valence-electron chi connectivity index (χ4n) is 2.08. The van der Waals surface area contributed by atoms with E-state index in [1.807, 2.05) is 0 Å². The lowest BCUT2D eigenvalue weighted by molar-refractivity contribution is 0.0696. The highest BCUT2D eigenvalue weighted by molar-refractivity contribution is 5.91. The van der Waals surface area contributed by atoms with Gasteiger partial charge in [0.15, 0.2) is 0 Å². The van der Waals surface area contributed by atoms with Crippen LogP contribution in [-0.4, -0.2) is 46.3 Å². The number of aromatic carboxylic acids is 1. The lowest BCUT2D eigenvalue weighted by atomic mass is 10.1. The van der Waals surface area contributed by atoms with Crippen molar-refractivity contribution in [2.24, 2.45) is 0 Å². The number of likely N-dealkylation sites (tertiary alicyclic amines) is 1. The van der Waals surface area contributed by atoms with Crippen LogP contribution in [0.4, 0.5) is 14.9 Å². The maximum atomic E-state index is 13.7. The molecule has 7 heteroatoms. The van der Waals surface area contributed by atoms with Crippen molar-refractivity contribution in [2.45, 2.75) is 18.9 Å². The number of carbonyl (C=O) groups is 2. The zero-order chi connectivity index (χ0) is 14.7. The molecule has 1 saturated heterocycles. The van der Waals surface area contributed by atoms with Crippen LogP contribution in [0.3, 0.4) is 0 Å². The van der Waals surface area contributed by atoms with Gasteiger partial charge >= 0.3 is 12.0 Å². The summed E-state index contributed by atoms with van der Waals surface area (Å²) in [5, 5.41) is 20.6. The molecule has 1 aromatic carbocycles. The maximum Gasteiger partial charge on any atom is 0.335 e. The van der Waals surface area contributed by atoms with Gasteiger partial charge < -0.3 is 20.4 Å². The van der Waals surface area contributed by atoms with E-state index in [0.29, 0.717) is 19.4 Å². The molecular formula is C13H15FN2O4. The van der Waals surface area contributed by atoms with Gasteiger partial charge in [-0.05, 0) is 31.0 Å². The van der Waals surface area contributed by atoms with Crippen molar-refractivity contribution in [3.8, 4) is 0 Å². The van der Waals surface area contributed by atoms with E-state index >= 15 is 0 Å². The molecule has 1 aliphatic heterocycles. The van der Waals surface area contributed by atoms with E-state index in [-0.39, 0.29) is 17.8 Å². The lowest BCUT2D eigenvalue weighted by Gasteiger charge is -2.30.